The van der Waals surface area contributed by atoms with Crippen molar-refractivity contribution in [2.75, 3.05) is 0 Å². The first-order valence-electron chi connectivity index (χ1n) is 9.64. The largest absolute Gasteiger partial charge is 0.318 e. The average Bonchev–Trinajstić information content (AvgIpc) is 3.19. The van der Waals surface area contributed by atoms with Crippen LogP contribution in [0.2, 0.25) is 0 Å². The van der Waals surface area contributed by atoms with Crippen molar-refractivity contribution in [3.8, 4) is 5.69 Å². The number of carbonyl (C=O) groups excluding carboxylic acids is 1. The van der Waals surface area contributed by atoms with Crippen molar-refractivity contribution in [2.24, 2.45) is 4.99 Å². The number of thioether (sulfide) groups is 1. The van der Waals surface area contributed by atoms with Crippen molar-refractivity contribution in [1.82, 2.24) is 9.88 Å². The topological polar surface area (TPSA) is 46.4 Å². The monoisotopic (exact) mass is 479 g/mol. The Morgan fingerprint density at radius 2 is 1.80 bits per heavy atom. The molecule has 1 fully saturated rings. The third kappa shape index (κ3) is 4.02. The molecule has 1 aliphatic heterocycles. The number of nitrogens with one attached hydrogen (secondary N) is 1. The van der Waals surface area contributed by atoms with E-state index in [9.17, 15) is 4.79 Å². The highest BCUT2D eigenvalue weighted by molar-refractivity contribution is 9.10. The molecule has 2 heterocycles. The Kier molecular flexibility index (Phi) is 5.71. The van der Waals surface area contributed by atoms with Crippen LogP contribution >= 0.6 is 27.7 Å². The number of amides is 1. The van der Waals surface area contributed by atoms with Crippen LogP contribution in [0, 0.1) is 27.7 Å². The van der Waals surface area contributed by atoms with Gasteiger partial charge in [0, 0.05) is 21.5 Å². The van der Waals surface area contributed by atoms with Crippen LogP contribution in [0.3, 0.4) is 0 Å². The standard InChI is InChI=1S/C24H22BrN3OS/c1-14-6-5-7-21(16(14)3)26-24-27-23(29)22(30-24)13-18-12-15(2)28(17(18)4)20-10-8-19(25)9-11-20/h5-13H,1-4H3,(H,26,27,29)/b22-13-. The minimum Gasteiger partial charge on any atom is -0.318 e. The molecule has 1 aliphatic rings. The molecule has 4 rings (SSSR count). The van der Waals surface area contributed by atoms with E-state index in [1.54, 1.807) is 0 Å². The van der Waals surface area contributed by atoms with Crippen molar-refractivity contribution < 1.29 is 4.79 Å². The lowest BCUT2D eigenvalue weighted by atomic mass is 10.1. The van der Waals surface area contributed by atoms with E-state index < -0.39 is 0 Å². The Bertz CT molecular complexity index is 1210. The van der Waals surface area contributed by atoms with Crippen LogP contribution in [0.5, 0.6) is 0 Å². The summed E-state index contributed by atoms with van der Waals surface area (Å²) in [5.74, 6) is -0.113. The second kappa shape index (κ2) is 8.28. The number of amidine groups is 1. The Morgan fingerprint density at radius 1 is 1.07 bits per heavy atom. The minimum absolute atomic E-state index is 0.113. The van der Waals surface area contributed by atoms with Gasteiger partial charge in [-0.3, -0.25) is 4.79 Å². The maximum Gasteiger partial charge on any atom is 0.264 e. The summed E-state index contributed by atoms with van der Waals surface area (Å²) >= 11 is 4.87. The van der Waals surface area contributed by atoms with Crippen molar-refractivity contribution in [2.45, 2.75) is 27.7 Å². The lowest BCUT2D eigenvalue weighted by Gasteiger charge is -2.09. The first kappa shape index (κ1) is 20.7. The number of aryl methyl sites for hydroxylation is 2. The molecule has 6 heteroatoms. The van der Waals surface area contributed by atoms with E-state index in [-0.39, 0.29) is 5.91 Å². The zero-order valence-corrected chi connectivity index (χ0v) is 19.7. The minimum atomic E-state index is -0.113. The summed E-state index contributed by atoms with van der Waals surface area (Å²) in [6.07, 6.45) is 1.95. The third-order valence-corrected chi connectivity index (χ3v) is 6.73. The van der Waals surface area contributed by atoms with E-state index in [4.69, 9.17) is 0 Å². The first-order valence-corrected chi connectivity index (χ1v) is 11.2. The molecule has 0 radical (unpaired) electrons. The second-order valence-electron chi connectivity index (χ2n) is 7.34. The molecule has 30 heavy (non-hydrogen) atoms. The van der Waals surface area contributed by atoms with Crippen LogP contribution in [0.15, 0.2) is 62.9 Å². The molecule has 0 spiro atoms. The molecule has 1 N–H and O–H groups in total. The van der Waals surface area contributed by atoms with Gasteiger partial charge in [0.15, 0.2) is 5.17 Å². The van der Waals surface area contributed by atoms with Crippen LogP contribution in [-0.4, -0.2) is 15.6 Å². The Hall–Kier alpha value is -2.57. The summed E-state index contributed by atoms with van der Waals surface area (Å²) in [6, 6.07) is 16.3. The molecule has 4 nitrogen and oxygen atoms in total. The average molecular weight is 480 g/mol. The van der Waals surface area contributed by atoms with Crippen molar-refractivity contribution >= 4 is 50.5 Å². The van der Waals surface area contributed by atoms with Gasteiger partial charge in [0.05, 0.1) is 10.6 Å². The fourth-order valence-electron chi connectivity index (χ4n) is 3.51. The summed E-state index contributed by atoms with van der Waals surface area (Å²) in [5.41, 5.74) is 7.52. The van der Waals surface area contributed by atoms with Gasteiger partial charge in [-0.15, -0.1) is 0 Å². The zero-order chi connectivity index (χ0) is 21.4. The predicted molar refractivity (Wildman–Crippen MR) is 130 cm³/mol. The predicted octanol–water partition coefficient (Wildman–Crippen LogP) is 6.37. The number of carbonyl (C=O) groups is 1. The number of hydrogen-bond donors (Lipinski definition) is 1. The van der Waals surface area contributed by atoms with Crippen molar-refractivity contribution in [3.63, 3.8) is 0 Å². The van der Waals surface area contributed by atoms with Gasteiger partial charge in [-0.1, -0.05) is 28.1 Å². The summed E-state index contributed by atoms with van der Waals surface area (Å²) < 4.78 is 3.24. The van der Waals surface area contributed by atoms with E-state index in [1.807, 2.05) is 37.3 Å². The highest BCUT2D eigenvalue weighted by atomic mass is 79.9. The Balaban J connectivity index is 1.65. The fraction of sp³-hybridized carbons (Fsp3) is 0.167. The van der Waals surface area contributed by atoms with Crippen molar-refractivity contribution in [3.05, 3.63) is 86.0 Å². The molecule has 3 aromatic rings. The number of nitrogens with zero attached hydrogens (tertiary/aromatic N) is 2. The number of rotatable bonds is 3. The van der Waals surface area contributed by atoms with Crippen LogP contribution < -0.4 is 5.32 Å². The van der Waals surface area contributed by atoms with Gasteiger partial charge >= 0.3 is 0 Å². The summed E-state index contributed by atoms with van der Waals surface area (Å²) in [6.45, 7) is 8.26. The van der Waals surface area contributed by atoms with E-state index in [0.29, 0.717) is 10.1 Å². The molecule has 0 bridgehead atoms. The lowest BCUT2D eigenvalue weighted by molar-refractivity contribution is -0.115. The summed E-state index contributed by atoms with van der Waals surface area (Å²) in [4.78, 5) is 17.9. The van der Waals surface area contributed by atoms with E-state index in [0.717, 1.165) is 38.4 Å². The van der Waals surface area contributed by atoms with Crippen LogP contribution in [0.1, 0.15) is 28.1 Å². The lowest BCUT2D eigenvalue weighted by Crippen LogP contribution is -2.19. The molecule has 2 aromatic carbocycles. The smallest absolute Gasteiger partial charge is 0.264 e. The van der Waals surface area contributed by atoms with Gasteiger partial charge in [0.2, 0.25) is 0 Å². The Labute approximate surface area is 189 Å². The summed E-state index contributed by atoms with van der Waals surface area (Å²) in [5, 5.41) is 3.50. The number of benzene rings is 2. The van der Waals surface area contributed by atoms with Crippen LogP contribution in [0.25, 0.3) is 11.8 Å². The highest BCUT2D eigenvalue weighted by Crippen LogP contribution is 2.31. The molecule has 0 saturated carbocycles. The van der Waals surface area contributed by atoms with E-state index >= 15 is 0 Å². The van der Waals surface area contributed by atoms with Gasteiger partial charge in [-0.25, -0.2) is 4.99 Å². The molecule has 0 atom stereocenters. The van der Waals surface area contributed by atoms with Crippen molar-refractivity contribution in [1.29, 1.82) is 0 Å². The van der Waals surface area contributed by atoms with Gasteiger partial charge in [-0.05, 0) is 98.6 Å². The van der Waals surface area contributed by atoms with Gasteiger partial charge in [-0.2, -0.15) is 0 Å². The Morgan fingerprint density at radius 3 is 2.53 bits per heavy atom. The fourth-order valence-corrected chi connectivity index (χ4v) is 4.60. The summed E-state index contributed by atoms with van der Waals surface area (Å²) in [7, 11) is 0. The van der Waals surface area contributed by atoms with Gasteiger partial charge in [0.25, 0.3) is 5.91 Å². The molecular formula is C24H22BrN3OS. The first-order chi connectivity index (χ1) is 14.3. The number of aliphatic imine (C=N–C) groups is 1. The van der Waals surface area contributed by atoms with Crippen LogP contribution in [0.4, 0.5) is 5.69 Å². The molecule has 152 valence electrons. The molecule has 0 aliphatic carbocycles. The van der Waals surface area contributed by atoms with Gasteiger partial charge < -0.3 is 9.88 Å². The molecular weight excluding hydrogens is 458 g/mol. The SMILES string of the molecule is Cc1cccc(N=C2NC(=O)/C(=C/c3cc(C)n(-c4ccc(Br)cc4)c3C)S2)c1C. The molecule has 1 saturated heterocycles. The second-order valence-corrected chi connectivity index (χ2v) is 9.29. The third-order valence-electron chi connectivity index (χ3n) is 5.29. The molecule has 1 amide bonds. The highest BCUT2D eigenvalue weighted by Gasteiger charge is 2.25. The van der Waals surface area contributed by atoms with Crippen LogP contribution in [-0.2, 0) is 4.79 Å². The van der Waals surface area contributed by atoms with Gasteiger partial charge in [0.1, 0.15) is 0 Å². The van der Waals surface area contributed by atoms with E-state index in [2.05, 4.69) is 75.8 Å². The normalized spacial score (nSPS) is 16.5. The number of aromatic nitrogens is 1. The number of hydrogen-bond acceptors (Lipinski definition) is 3. The maximum absolute atomic E-state index is 12.5. The molecule has 1 aromatic heterocycles. The van der Waals surface area contributed by atoms with E-state index in [1.165, 1.54) is 17.3 Å². The molecule has 0 unspecified atom stereocenters. The maximum atomic E-state index is 12.5. The zero-order valence-electron chi connectivity index (χ0n) is 17.3. The number of halogens is 1. The quantitative estimate of drug-likeness (QED) is 0.443.